The van der Waals surface area contributed by atoms with Crippen LogP contribution in [0.2, 0.25) is 0 Å². The van der Waals surface area contributed by atoms with Crippen LogP contribution in [0.25, 0.3) is 0 Å². The van der Waals surface area contributed by atoms with Crippen LogP contribution in [0.15, 0.2) is 109 Å². The number of nitrogens with zero attached hydrogens (tertiary/aromatic N) is 1. The number of quaternary nitrogens is 1. The maximum Gasteiger partial charge on any atom is 0.306 e. The molecule has 9 heteroatoms. The molecule has 0 saturated carbocycles. The maximum atomic E-state index is 12.9. The predicted octanol–water partition coefficient (Wildman–Crippen LogP) is 16.2. The molecule has 0 aromatic rings. The number of carbonyl (C=O) groups is 3. The summed E-state index contributed by atoms with van der Waals surface area (Å²) in [6.07, 6.45) is 72.7. The van der Waals surface area contributed by atoms with Gasteiger partial charge in [0, 0.05) is 12.8 Å². The summed E-state index contributed by atoms with van der Waals surface area (Å²) < 4.78 is 22.7. The summed E-state index contributed by atoms with van der Waals surface area (Å²) in [4.78, 5) is 37.3. The van der Waals surface area contributed by atoms with Gasteiger partial charge in [-0.05, 0) is 103 Å². The van der Waals surface area contributed by atoms with Crippen LogP contribution >= 0.6 is 0 Å². The highest BCUT2D eigenvalue weighted by Gasteiger charge is 2.22. The third-order valence-electron chi connectivity index (χ3n) is 12.3. The van der Waals surface area contributed by atoms with Crippen molar-refractivity contribution in [3.63, 3.8) is 0 Å². The van der Waals surface area contributed by atoms with Crippen LogP contribution in [0.4, 0.5) is 0 Å². The molecule has 0 aromatic heterocycles. The molecule has 0 fully saturated rings. The highest BCUT2D eigenvalue weighted by atomic mass is 16.7. The SMILES string of the molecule is CC/C=C\C/C=C\C/C=C\C/C=C\C/C=C\C/C=C\C/C=C\C/C=C\CCCCCCCCC(=O)OC(COC(=O)CCCCCCCCC/C=C\CCCCCCCCC)COC(OCC[N+](C)(C)C)C(=O)[O-]. The molecular formula is C65H109NO8. The summed E-state index contributed by atoms with van der Waals surface area (Å²) in [7, 11) is 5.91. The van der Waals surface area contributed by atoms with Crippen molar-refractivity contribution in [1.82, 2.24) is 0 Å². The molecule has 0 aliphatic rings. The lowest BCUT2D eigenvalue weighted by atomic mass is 10.1. The van der Waals surface area contributed by atoms with E-state index >= 15 is 0 Å². The highest BCUT2D eigenvalue weighted by molar-refractivity contribution is 5.70. The van der Waals surface area contributed by atoms with Crippen molar-refractivity contribution in [3.05, 3.63) is 109 Å². The number of esters is 2. The van der Waals surface area contributed by atoms with Crippen LogP contribution < -0.4 is 5.11 Å². The first kappa shape index (κ1) is 70.0. The van der Waals surface area contributed by atoms with E-state index in [1.807, 2.05) is 21.1 Å². The lowest BCUT2D eigenvalue weighted by Gasteiger charge is -2.26. The Kier molecular flexibility index (Phi) is 52.2. The van der Waals surface area contributed by atoms with Crippen molar-refractivity contribution in [2.24, 2.45) is 0 Å². The third-order valence-corrected chi connectivity index (χ3v) is 12.3. The fourth-order valence-electron chi connectivity index (χ4n) is 7.72. The molecule has 2 atom stereocenters. The Balaban J connectivity index is 4.31. The average Bonchev–Trinajstić information content (AvgIpc) is 3.37. The van der Waals surface area contributed by atoms with E-state index in [4.69, 9.17) is 18.9 Å². The first-order chi connectivity index (χ1) is 36.1. The minimum absolute atomic E-state index is 0.138. The Morgan fingerprint density at radius 3 is 1.16 bits per heavy atom. The topological polar surface area (TPSA) is 111 Å². The summed E-state index contributed by atoms with van der Waals surface area (Å²) in [5, 5.41) is 11.8. The quantitative estimate of drug-likeness (QED) is 0.0195. The normalized spacial score (nSPS) is 13.6. The number of carboxylic acids is 1. The molecule has 9 nitrogen and oxygen atoms in total. The molecule has 74 heavy (non-hydrogen) atoms. The molecular weight excluding hydrogens is 923 g/mol. The number of unbranched alkanes of at least 4 members (excludes halogenated alkanes) is 20. The standard InChI is InChI=1S/C65H109NO8/c1-6-8-10-12-14-16-18-20-22-24-26-27-28-29-30-31-32-33-34-35-36-37-38-40-42-44-46-48-50-52-54-56-63(68)74-61(60-73-65(64(69)70)71-58-57-66(3,4)5)59-72-62(67)55-53-51-49-47-45-43-41-39-25-23-21-19-17-15-13-11-9-7-2/h8,10,14,16,20,22-23,25-27,29-30,32-33,35-36,38,40,61,65H,6-7,9,11-13,15,17-19,21,24,28,31,34,37,39,41-60H2,1-5H3/b10-8-,16-14-,22-20-,25-23-,27-26-,30-29-,33-32-,36-35-,40-38-. The van der Waals surface area contributed by atoms with E-state index in [0.717, 1.165) is 122 Å². The molecule has 0 aromatic carbocycles. The van der Waals surface area contributed by atoms with Gasteiger partial charge in [0.15, 0.2) is 12.4 Å². The smallest absolute Gasteiger partial charge is 0.306 e. The summed E-state index contributed by atoms with van der Waals surface area (Å²) in [5.74, 6) is -2.32. The molecule has 0 saturated heterocycles. The van der Waals surface area contributed by atoms with Crippen molar-refractivity contribution < 1.29 is 42.9 Å². The van der Waals surface area contributed by atoms with Crippen molar-refractivity contribution in [1.29, 1.82) is 0 Å². The lowest BCUT2D eigenvalue weighted by molar-refractivity contribution is -0.870. The van der Waals surface area contributed by atoms with E-state index < -0.39 is 24.3 Å². The van der Waals surface area contributed by atoms with Gasteiger partial charge in [-0.25, -0.2) is 0 Å². The van der Waals surface area contributed by atoms with Gasteiger partial charge >= 0.3 is 11.9 Å². The highest BCUT2D eigenvalue weighted by Crippen LogP contribution is 2.14. The minimum atomic E-state index is -1.63. The third kappa shape index (κ3) is 55.7. The van der Waals surface area contributed by atoms with E-state index in [2.05, 4.69) is 123 Å². The van der Waals surface area contributed by atoms with Crippen molar-refractivity contribution in [3.8, 4) is 0 Å². The number of hydrogen-bond donors (Lipinski definition) is 0. The molecule has 0 N–H and O–H groups in total. The van der Waals surface area contributed by atoms with Crippen LogP contribution in [0.1, 0.15) is 226 Å². The van der Waals surface area contributed by atoms with E-state index in [9.17, 15) is 19.5 Å². The Labute approximate surface area is 454 Å². The molecule has 0 heterocycles. The summed E-state index contributed by atoms with van der Waals surface area (Å²) in [6.45, 7) is 4.60. The molecule has 0 bridgehead atoms. The fourth-order valence-corrected chi connectivity index (χ4v) is 7.72. The number of hydrogen-bond acceptors (Lipinski definition) is 8. The zero-order chi connectivity index (χ0) is 54.1. The number of rotatable bonds is 53. The monoisotopic (exact) mass is 1030 g/mol. The molecule has 0 amide bonds. The maximum absolute atomic E-state index is 12.9. The van der Waals surface area contributed by atoms with Gasteiger partial charge in [0.05, 0.1) is 40.3 Å². The second kappa shape index (κ2) is 55.2. The van der Waals surface area contributed by atoms with Gasteiger partial charge in [0.25, 0.3) is 0 Å². The summed E-state index contributed by atoms with van der Waals surface area (Å²) in [6, 6.07) is 0. The number of carboxylic acid groups (broad SMARTS) is 1. The molecule has 0 rings (SSSR count). The largest absolute Gasteiger partial charge is 0.545 e. The van der Waals surface area contributed by atoms with Crippen molar-refractivity contribution in [2.45, 2.75) is 238 Å². The molecule has 0 aliphatic heterocycles. The van der Waals surface area contributed by atoms with Gasteiger partial charge in [-0.1, -0.05) is 220 Å². The van der Waals surface area contributed by atoms with Gasteiger partial charge in [-0.2, -0.15) is 0 Å². The second-order valence-corrected chi connectivity index (χ2v) is 20.5. The number of likely N-dealkylation sites (N-methyl/N-ethyl adjacent to an activating group) is 1. The zero-order valence-corrected chi connectivity index (χ0v) is 47.9. The van der Waals surface area contributed by atoms with Gasteiger partial charge in [0.2, 0.25) is 0 Å². The summed E-state index contributed by atoms with van der Waals surface area (Å²) in [5.41, 5.74) is 0. The van der Waals surface area contributed by atoms with Gasteiger partial charge in [-0.15, -0.1) is 0 Å². The second-order valence-electron chi connectivity index (χ2n) is 20.5. The summed E-state index contributed by atoms with van der Waals surface area (Å²) >= 11 is 0. The number of allylic oxidation sites excluding steroid dienone is 18. The van der Waals surface area contributed by atoms with Crippen LogP contribution in [0.5, 0.6) is 0 Å². The average molecular weight is 1030 g/mol. The van der Waals surface area contributed by atoms with Crippen LogP contribution in [-0.4, -0.2) is 82.3 Å². The van der Waals surface area contributed by atoms with Gasteiger partial charge < -0.3 is 33.3 Å². The first-order valence-corrected chi connectivity index (χ1v) is 29.5. The van der Waals surface area contributed by atoms with Crippen molar-refractivity contribution in [2.75, 3.05) is 47.5 Å². The van der Waals surface area contributed by atoms with Crippen molar-refractivity contribution >= 4 is 17.9 Å². The minimum Gasteiger partial charge on any atom is -0.545 e. The zero-order valence-electron chi connectivity index (χ0n) is 47.9. The van der Waals surface area contributed by atoms with Gasteiger partial charge in [-0.3, -0.25) is 9.59 Å². The molecule has 0 spiro atoms. The van der Waals surface area contributed by atoms with E-state index in [1.54, 1.807) is 0 Å². The fraction of sp³-hybridized carbons (Fsp3) is 0.677. The lowest BCUT2D eigenvalue weighted by Crippen LogP contribution is -2.44. The Morgan fingerprint density at radius 2 is 0.770 bits per heavy atom. The Morgan fingerprint density at radius 1 is 0.419 bits per heavy atom. The predicted molar refractivity (Wildman–Crippen MR) is 310 cm³/mol. The van der Waals surface area contributed by atoms with Crippen LogP contribution in [-0.2, 0) is 33.3 Å². The first-order valence-electron chi connectivity index (χ1n) is 29.5. The Bertz CT molecular complexity index is 1580. The van der Waals surface area contributed by atoms with E-state index in [1.165, 1.54) is 70.6 Å². The van der Waals surface area contributed by atoms with Crippen LogP contribution in [0.3, 0.4) is 0 Å². The van der Waals surface area contributed by atoms with Gasteiger partial charge in [0.1, 0.15) is 13.2 Å². The molecule has 0 radical (unpaired) electrons. The number of aliphatic carboxylic acids is 1. The number of carbonyl (C=O) groups excluding carboxylic acids is 3. The van der Waals surface area contributed by atoms with E-state index in [-0.39, 0.29) is 38.6 Å². The number of ether oxygens (including phenoxy) is 4. The van der Waals surface area contributed by atoms with Crippen LogP contribution in [0, 0.1) is 0 Å². The Hall–Kier alpha value is -4.05. The van der Waals surface area contributed by atoms with E-state index in [0.29, 0.717) is 17.4 Å². The molecule has 0 aliphatic carbocycles. The molecule has 2 unspecified atom stereocenters. The molecule has 422 valence electrons.